The van der Waals surface area contributed by atoms with Crippen LogP contribution < -0.4 is 0 Å². The van der Waals surface area contributed by atoms with Crippen LogP contribution in [0.15, 0.2) is 237 Å². The van der Waals surface area contributed by atoms with Crippen LogP contribution in [0, 0.1) is 0 Å². The van der Waals surface area contributed by atoms with Crippen LogP contribution in [0.5, 0.6) is 0 Å². The van der Waals surface area contributed by atoms with E-state index in [2.05, 4.69) is 235 Å². The highest BCUT2D eigenvalue weighted by molar-refractivity contribution is 6.14. The van der Waals surface area contributed by atoms with Gasteiger partial charge in [0.25, 0.3) is 0 Å². The van der Waals surface area contributed by atoms with Crippen LogP contribution in [-0.2, 0) is 0 Å². The van der Waals surface area contributed by atoms with Crippen molar-refractivity contribution in [3.63, 3.8) is 0 Å². The van der Waals surface area contributed by atoms with E-state index in [9.17, 15) is 0 Å². The van der Waals surface area contributed by atoms with Gasteiger partial charge in [-0.1, -0.05) is 176 Å². The summed E-state index contributed by atoms with van der Waals surface area (Å²) in [7, 11) is 0. The molecule has 3 aromatic heterocycles. The molecule has 0 spiro atoms. The largest absolute Gasteiger partial charge is 0.309 e. The third-order valence-electron chi connectivity index (χ3n) is 12.3. The molecule has 0 aliphatic rings. The lowest BCUT2D eigenvalue weighted by Gasteiger charge is -2.14. The van der Waals surface area contributed by atoms with E-state index < -0.39 is 0 Å². The van der Waals surface area contributed by atoms with Gasteiger partial charge in [0, 0.05) is 38.5 Å². The van der Waals surface area contributed by atoms with Crippen molar-refractivity contribution in [3.05, 3.63) is 237 Å². The number of fused-ring (bicyclic) bond motifs is 6. The van der Waals surface area contributed by atoms with Gasteiger partial charge >= 0.3 is 0 Å². The van der Waals surface area contributed by atoms with Gasteiger partial charge in [-0.3, -0.25) is 0 Å². The highest BCUT2D eigenvalue weighted by Crippen LogP contribution is 2.40. The molecule has 294 valence electrons. The van der Waals surface area contributed by atoms with Crippen LogP contribution in [0.2, 0.25) is 0 Å². The van der Waals surface area contributed by atoms with Crippen molar-refractivity contribution in [1.29, 1.82) is 0 Å². The van der Waals surface area contributed by atoms with Crippen LogP contribution in [0.3, 0.4) is 0 Å². The maximum Gasteiger partial charge on any atom is 0.0722 e. The van der Waals surface area contributed by atoms with Crippen LogP contribution in [0.1, 0.15) is 0 Å². The standard InChI is InChI=1S/C60H39N3/c1-4-16-40(17-5-1)53-39-57(42-20-8-3-9-21-42)61-54-33-31-46-35-45(30-32-50(46)60(53)54)43-22-14-23-44(34-43)48-37-55(41-18-6-2-7-19-41)62-56(38-48)47-24-15-25-49(36-47)63-58-28-12-10-26-51(58)52-27-11-13-29-59(52)63/h1-39H. The molecule has 0 fully saturated rings. The number of aromatic nitrogens is 3. The Balaban J connectivity index is 0.966. The average Bonchev–Trinajstić information content (AvgIpc) is 3.71. The molecule has 12 aromatic rings. The first-order valence-electron chi connectivity index (χ1n) is 21.5. The van der Waals surface area contributed by atoms with Gasteiger partial charge in [0.1, 0.15) is 0 Å². The fraction of sp³-hybridized carbons (Fsp3) is 0. The summed E-state index contributed by atoms with van der Waals surface area (Å²) < 4.78 is 2.37. The van der Waals surface area contributed by atoms with Crippen LogP contribution in [0.4, 0.5) is 0 Å². The summed E-state index contributed by atoms with van der Waals surface area (Å²) >= 11 is 0. The second-order valence-corrected chi connectivity index (χ2v) is 16.2. The summed E-state index contributed by atoms with van der Waals surface area (Å²) in [5.41, 5.74) is 17.5. The van der Waals surface area contributed by atoms with E-state index in [1.54, 1.807) is 0 Å². The van der Waals surface area contributed by atoms with Crippen molar-refractivity contribution in [3.8, 4) is 72.8 Å². The summed E-state index contributed by atoms with van der Waals surface area (Å²) in [6, 6.07) is 84.6. The number of para-hydroxylation sites is 2. The molecule has 0 atom stereocenters. The first kappa shape index (κ1) is 36.5. The van der Waals surface area contributed by atoms with E-state index in [0.29, 0.717) is 0 Å². The topological polar surface area (TPSA) is 30.7 Å². The monoisotopic (exact) mass is 801 g/mol. The van der Waals surface area contributed by atoms with Gasteiger partial charge in [0.05, 0.1) is 33.6 Å². The Morgan fingerprint density at radius 3 is 1.49 bits per heavy atom. The summed E-state index contributed by atoms with van der Waals surface area (Å²) in [4.78, 5) is 10.5. The van der Waals surface area contributed by atoms with Crippen molar-refractivity contribution in [2.75, 3.05) is 0 Å². The van der Waals surface area contributed by atoms with Crippen LogP contribution in [-0.4, -0.2) is 14.5 Å². The molecule has 0 saturated carbocycles. The van der Waals surface area contributed by atoms with Gasteiger partial charge < -0.3 is 4.57 Å². The summed E-state index contributed by atoms with van der Waals surface area (Å²) in [5, 5.41) is 6.02. The van der Waals surface area contributed by atoms with E-state index in [1.165, 1.54) is 49.1 Å². The van der Waals surface area contributed by atoms with Gasteiger partial charge in [0.15, 0.2) is 0 Å². The Bertz CT molecular complexity index is 3610. The zero-order chi connectivity index (χ0) is 41.7. The van der Waals surface area contributed by atoms with Gasteiger partial charge in [-0.05, 0) is 105 Å². The maximum atomic E-state index is 5.32. The minimum Gasteiger partial charge on any atom is -0.309 e. The third kappa shape index (κ3) is 6.55. The number of hydrogen-bond donors (Lipinski definition) is 0. The minimum absolute atomic E-state index is 0.926. The summed E-state index contributed by atoms with van der Waals surface area (Å²) in [6.07, 6.45) is 0. The van der Waals surface area contributed by atoms with Crippen molar-refractivity contribution in [2.45, 2.75) is 0 Å². The van der Waals surface area contributed by atoms with Crippen molar-refractivity contribution in [2.24, 2.45) is 0 Å². The lowest BCUT2D eigenvalue weighted by Crippen LogP contribution is -1.96. The van der Waals surface area contributed by atoms with E-state index >= 15 is 0 Å². The van der Waals surface area contributed by atoms with Gasteiger partial charge in [0.2, 0.25) is 0 Å². The fourth-order valence-corrected chi connectivity index (χ4v) is 9.33. The molecule has 12 rings (SSSR count). The minimum atomic E-state index is 0.926. The molecule has 9 aromatic carbocycles. The van der Waals surface area contributed by atoms with E-state index in [0.717, 1.165) is 67.2 Å². The fourth-order valence-electron chi connectivity index (χ4n) is 9.33. The first-order valence-corrected chi connectivity index (χ1v) is 21.5. The molecule has 0 amide bonds. The number of nitrogens with zero attached hydrogens (tertiary/aromatic N) is 3. The number of pyridine rings is 2. The Hall–Kier alpha value is -8.40. The summed E-state index contributed by atoms with van der Waals surface area (Å²) in [5.74, 6) is 0. The highest BCUT2D eigenvalue weighted by atomic mass is 15.0. The number of benzene rings is 9. The van der Waals surface area contributed by atoms with Crippen molar-refractivity contribution in [1.82, 2.24) is 14.5 Å². The Morgan fingerprint density at radius 2 is 0.810 bits per heavy atom. The number of hydrogen-bond acceptors (Lipinski definition) is 2. The Labute approximate surface area is 365 Å². The van der Waals surface area contributed by atoms with Gasteiger partial charge in [-0.25, -0.2) is 9.97 Å². The summed E-state index contributed by atoms with van der Waals surface area (Å²) in [6.45, 7) is 0. The van der Waals surface area contributed by atoms with E-state index in [4.69, 9.17) is 9.97 Å². The lowest BCUT2D eigenvalue weighted by atomic mass is 9.92. The van der Waals surface area contributed by atoms with Gasteiger partial charge in [-0.2, -0.15) is 0 Å². The molecule has 0 unspecified atom stereocenters. The predicted molar refractivity (Wildman–Crippen MR) is 264 cm³/mol. The van der Waals surface area contributed by atoms with Gasteiger partial charge in [-0.15, -0.1) is 0 Å². The molecule has 63 heavy (non-hydrogen) atoms. The predicted octanol–water partition coefficient (Wildman–Crippen LogP) is 15.9. The molecular weight excluding hydrogens is 763 g/mol. The zero-order valence-electron chi connectivity index (χ0n) is 34.4. The molecule has 0 aliphatic heterocycles. The van der Waals surface area contributed by atoms with Crippen molar-refractivity contribution < 1.29 is 0 Å². The Morgan fingerprint density at radius 1 is 0.286 bits per heavy atom. The van der Waals surface area contributed by atoms with E-state index in [1.807, 2.05) is 6.07 Å². The smallest absolute Gasteiger partial charge is 0.0722 e. The molecule has 0 aliphatic carbocycles. The molecular formula is C60H39N3. The molecule has 0 saturated heterocycles. The van der Waals surface area contributed by atoms with Crippen molar-refractivity contribution >= 4 is 43.5 Å². The lowest BCUT2D eigenvalue weighted by molar-refractivity contribution is 1.18. The second kappa shape index (κ2) is 15.3. The maximum absolute atomic E-state index is 5.32. The normalized spacial score (nSPS) is 11.5. The number of rotatable bonds is 7. The molecule has 0 N–H and O–H groups in total. The molecule has 3 nitrogen and oxygen atoms in total. The van der Waals surface area contributed by atoms with Crippen LogP contribution in [0.25, 0.3) is 116 Å². The highest BCUT2D eigenvalue weighted by Gasteiger charge is 2.16. The SMILES string of the molecule is c1ccc(-c2cc(-c3cccc(-c4ccc5c(ccc6nc(-c7ccccc7)cc(-c7ccccc7)c65)c4)c3)cc(-c3cccc(-n4c5ccccc5c5ccccc54)c3)n2)cc1. The molecule has 3 heterocycles. The zero-order valence-corrected chi connectivity index (χ0v) is 34.4. The average molecular weight is 802 g/mol. The molecule has 0 bridgehead atoms. The van der Waals surface area contributed by atoms with Crippen LogP contribution >= 0.6 is 0 Å². The van der Waals surface area contributed by atoms with E-state index in [-0.39, 0.29) is 0 Å². The quantitative estimate of drug-likeness (QED) is 0.150. The first-order chi connectivity index (χ1) is 31.2. The molecule has 3 heteroatoms. The molecule has 0 radical (unpaired) electrons. The third-order valence-corrected chi connectivity index (χ3v) is 12.3. The Kier molecular flexibility index (Phi) is 8.83. The second-order valence-electron chi connectivity index (χ2n) is 16.2.